The van der Waals surface area contributed by atoms with Crippen molar-refractivity contribution >= 4 is 12.4 Å². The molecular weight excluding hydrogens is 392 g/mol. The number of methoxy groups -OCH3 is 2. The van der Waals surface area contributed by atoms with Crippen molar-refractivity contribution < 1.29 is 19.3 Å². The summed E-state index contributed by atoms with van der Waals surface area (Å²) in [7, 11) is 3.15. The highest BCUT2D eigenvalue weighted by atomic mass is 35.5. The van der Waals surface area contributed by atoms with Crippen LogP contribution >= 0.6 is 12.4 Å². The zero-order valence-corrected chi connectivity index (χ0v) is 18.1. The Morgan fingerprint density at radius 1 is 1.07 bits per heavy atom. The van der Waals surface area contributed by atoms with Crippen molar-refractivity contribution in [2.24, 2.45) is 0 Å². The zero-order chi connectivity index (χ0) is 20.6. The van der Waals surface area contributed by atoms with Gasteiger partial charge in [-0.05, 0) is 50.1 Å². The molecule has 2 aromatic rings. The average Bonchev–Trinajstić information content (AvgIpc) is 2.70. The molecule has 0 spiro atoms. The summed E-state index contributed by atoms with van der Waals surface area (Å²) < 4.78 is 16.0. The van der Waals surface area contributed by atoms with Crippen LogP contribution in [0.4, 0.5) is 0 Å². The second-order valence-corrected chi connectivity index (χ2v) is 7.20. The van der Waals surface area contributed by atoms with Crippen LogP contribution in [0.15, 0.2) is 42.5 Å². The third kappa shape index (κ3) is 7.47. The van der Waals surface area contributed by atoms with Gasteiger partial charge in [0, 0.05) is 12.1 Å². The van der Waals surface area contributed by atoms with Crippen molar-refractivity contribution in [3.8, 4) is 23.3 Å². The lowest BCUT2D eigenvalue weighted by molar-refractivity contribution is 0.0985. The Kier molecular flexibility index (Phi) is 9.76. The van der Waals surface area contributed by atoms with E-state index >= 15 is 0 Å². The maximum absolute atomic E-state index is 10.3. The molecule has 0 radical (unpaired) electrons. The third-order valence-electron chi connectivity index (χ3n) is 4.37. The molecule has 0 saturated heterocycles. The highest BCUT2D eigenvalue weighted by Crippen LogP contribution is 2.27. The standard InChI is InChI=1S/C22H28N2O4.ClH/c1-22(2,12-16-8-10-18(26-3)11-9-16)24-14-17(25)15-28-21-7-5-6-20(27-4)19(21)13-23;/h5-11,17,24-25H,12,14-15H2,1-4H3;1H. The summed E-state index contributed by atoms with van der Waals surface area (Å²) in [4.78, 5) is 0. The summed E-state index contributed by atoms with van der Waals surface area (Å²) in [6, 6.07) is 15.2. The number of aliphatic hydroxyl groups is 1. The molecule has 6 nitrogen and oxygen atoms in total. The van der Waals surface area contributed by atoms with Crippen LogP contribution in [0.25, 0.3) is 0 Å². The first-order valence-electron chi connectivity index (χ1n) is 9.14. The van der Waals surface area contributed by atoms with Gasteiger partial charge in [-0.3, -0.25) is 0 Å². The summed E-state index contributed by atoms with van der Waals surface area (Å²) in [5, 5.41) is 22.9. The first kappa shape index (κ1) is 24.6. The van der Waals surface area contributed by atoms with E-state index in [0.717, 1.165) is 12.2 Å². The number of rotatable bonds is 10. The van der Waals surface area contributed by atoms with E-state index in [2.05, 4.69) is 25.2 Å². The Hall–Kier alpha value is -2.46. The molecule has 158 valence electrons. The number of hydrogen-bond donors (Lipinski definition) is 2. The van der Waals surface area contributed by atoms with Crippen molar-refractivity contribution in [2.45, 2.75) is 31.9 Å². The van der Waals surface area contributed by atoms with Gasteiger partial charge in [0.2, 0.25) is 0 Å². The fourth-order valence-corrected chi connectivity index (χ4v) is 2.87. The largest absolute Gasteiger partial charge is 0.497 e. The predicted molar refractivity (Wildman–Crippen MR) is 115 cm³/mol. The fourth-order valence-electron chi connectivity index (χ4n) is 2.87. The minimum atomic E-state index is -0.715. The number of aliphatic hydroxyl groups excluding tert-OH is 1. The van der Waals surface area contributed by atoms with Crippen molar-refractivity contribution in [3.05, 3.63) is 53.6 Å². The highest BCUT2D eigenvalue weighted by molar-refractivity contribution is 5.85. The Morgan fingerprint density at radius 2 is 1.72 bits per heavy atom. The maximum Gasteiger partial charge on any atom is 0.141 e. The van der Waals surface area contributed by atoms with Gasteiger partial charge in [-0.1, -0.05) is 18.2 Å². The second kappa shape index (κ2) is 11.5. The lowest BCUT2D eigenvalue weighted by atomic mass is 9.94. The Morgan fingerprint density at radius 3 is 2.31 bits per heavy atom. The van der Waals surface area contributed by atoms with Crippen LogP contribution in [0.1, 0.15) is 25.0 Å². The monoisotopic (exact) mass is 420 g/mol. The van der Waals surface area contributed by atoms with Crippen LogP contribution in [0.5, 0.6) is 17.2 Å². The number of halogens is 1. The van der Waals surface area contributed by atoms with E-state index in [-0.39, 0.29) is 24.6 Å². The minimum absolute atomic E-state index is 0. The van der Waals surface area contributed by atoms with Gasteiger partial charge in [-0.15, -0.1) is 12.4 Å². The molecule has 0 aromatic heterocycles. The Bertz CT molecular complexity index is 803. The fraction of sp³-hybridized carbons (Fsp3) is 0.409. The van der Waals surface area contributed by atoms with Crippen LogP contribution in [0, 0.1) is 11.3 Å². The number of hydrogen-bond acceptors (Lipinski definition) is 6. The van der Waals surface area contributed by atoms with Crippen molar-refractivity contribution in [2.75, 3.05) is 27.4 Å². The molecule has 7 heteroatoms. The maximum atomic E-state index is 10.3. The quantitative estimate of drug-likeness (QED) is 0.613. The summed E-state index contributed by atoms with van der Waals surface area (Å²) in [5.41, 5.74) is 1.30. The SMILES string of the molecule is COc1ccc(CC(C)(C)NCC(O)COc2cccc(OC)c2C#N)cc1.Cl. The van der Waals surface area contributed by atoms with E-state index in [9.17, 15) is 10.4 Å². The molecule has 0 aliphatic heterocycles. The molecule has 0 saturated carbocycles. The van der Waals surface area contributed by atoms with E-state index < -0.39 is 6.10 Å². The molecule has 0 amide bonds. The van der Waals surface area contributed by atoms with Crippen molar-refractivity contribution in [1.82, 2.24) is 5.32 Å². The number of β-amino-alcohol motifs (C(OH)–C–C–N with tert-alkyl or cyclic N) is 1. The van der Waals surface area contributed by atoms with Crippen molar-refractivity contribution in [3.63, 3.8) is 0 Å². The van der Waals surface area contributed by atoms with E-state index in [4.69, 9.17) is 14.2 Å². The molecule has 0 aliphatic carbocycles. The van der Waals surface area contributed by atoms with E-state index in [1.54, 1.807) is 25.3 Å². The first-order valence-corrected chi connectivity index (χ1v) is 9.14. The highest BCUT2D eigenvalue weighted by Gasteiger charge is 2.20. The molecule has 2 N–H and O–H groups in total. The molecule has 29 heavy (non-hydrogen) atoms. The summed E-state index contributed by atoms with van der Waals surface area (Å²) in [6.07, 6.45) is 0.0897. The van der Waals surface area contributed by atoms with Crippen molar-refractivity contribution in [1.29, 1.82) is 5.26 Å². The van der Waals surface area contributed by atoms with E-state index in [1.807, 2.05) is 24.3 Å². The van der Waals surface area contributed by atoms with Gasteiger partial charge < -0.3 is 24.6 Å². The molecule has 1 unspecified atom stereocenters. The van der Waals surface area contributed by atoms with Crippen LogP contribution in [0.3, 0.4) is 0 Å². The molecule has 1 atom stereocenters. The summed E-state index contributed by atoms with van der Waals surface area (Å²) in [6.45, 7) is 4.61. The number of nitrogens with zero attached hydrogens (tertiary/aromatic N) is 1. The molecule has 0 aliphatic rings. The predicted octanol–water partition coefficient (Wildman–Crippen LogP) is 3.35. The van der Waals surface area contributed by atoms with Gasteiger partial charge in [0.15, 0.2) is 0 Å². The molecule has 2 rings (SSSR count). The Labute approximate surface area is 178 Å². The Balaban J connectivity index is 0.00000420. The molecular formula is C22H29ClN2O4. The van der Waals surface area contributed by atoms with Gasteiger partial charge >= 0.3 is 0 Å². The molecule has 2 aromatic carbocycles. The number of ether oxygens (including phenoxy) is 3. The van der Waals surface area contributed by atoms with Crippen LogP contribution in [-0.2, 0) is 6.42 Å². The first-order chi connectivity index (χ1) is 13.4. The molecule has 0 heterocycles. The number of benzene rings is 2. The van der Waals surface area contributed by atoms with Gasteiger partial charge in [-0.25, -0.2) is 0 Å². The van der Waals surface area contributed by atoms with Crippen LogP contribution in [-0.4, -0.2) is 44.1 Å². The average molecular weight is 421 g/mol. The summed E-state index contributed by atoms with van der Waals surface area (Å²) >= 11 is 0. The number of nitriles is 1. The topological polar surface area (TPSA) is 83.7 Å². The summed E-state index contributed by atoms with van der Waals surface area (Å²) in [5.74, 6) is 1.68. The van der Waals surface area contributed by atoms with E-state index in [0.29, 0.717) is 23.6 Å². The lowest BCUT2D eigenvalue weighted by Gasteiger charge is -2.28. The normalized spacial score (nSPS) is 11.7. The molecule has 0 bridgehead atoms. The lowest BCUT2D eigenvalue weighted by Crippen LogP contribution is -2.46. The van der Waals surface area contributed by atoms with Gasteiger partial charge in [0.25, 0.3) is 0 Å². The second-order valence-electron chi connectivity index (χ2n) is 7.20. The van der Waals surface area contributed by atoms with E-state index in [1.165, 1.54) is 12.7 Å². The molecule has 0 fully saturated rings. The number of nitrogens with one attached hydrogen (secondary N) is 1. The minimum Gasteiger partial charge on any atom is -0.497 e. The van der Waals surface area contributed by atoms with Gasteiger partial charge in [0.05, 0.1) is 14.2 Å². The third-order valence-corrected chi connectivity index (χ3v) is 4.37. The smallest absolute Gasteiger partial charge is 0.141 e. The van der Waals surface area contributed by atoms with Gasteiger partial charge in [-0.2, -0.15) is 5.26 Å². The van der Waals surface area contributed by atoms with Crippen LogP contribution < -0.4 is 19.5 Å². The zero-order valence-electron chi connectivity index (χ0n) is 17.3. The van der Waals surface area contributed by atoms with Crippen LogP contribution in [0.2, 0.25) is 0 Å². The van der Waals surface area contributed by atoms with Gasteiger partial charge in [0.1, 0.15) is 41.6 Å².